The zero-order valence-electron chi connectivity index (χ0n) is 13.6. The SMILES string of the molecule is Cc1ccc2c(O)c(N=Nc3ccccc3S(=O)(=O)O)c(C)cc2c1. The zero-order chi connectivity index (χ0) is 18.2. The van der Waals surface area contributed by atoms with Gasteiger partial charge in [-0.05, 0) is 43.0 Å². The number of azo groups is 1. The fourth-order valence-corrected chi connectivity index (χ4v) is 3.24. The van der Waals surface area contributed by atoms with Crippen LogP contribution in [0, 0.1) is 13.8 Å². The van der Waals surface area contributed by atoms with Crippen molar-refractivity contribution in [3.8, 4) is 5.75 Å². The molecule has 0 aliphatic carbocycles. The van der Waals surface area contributed by atoms with Crippen LogP contribution in [0.3, 0.4) is 0 Å². The van der Waals surface area contributed by atoms with Gasteiger partial charge in [0.05, 0.1) is 0 Å². The zero-order valence-corrected chi connectivity index (χ0v) is 14.4. The Kier molecular flexibility index (Phi) is 4.28. The fraction of sp³-hybridized carbons (Fsp3) is 0.111. The second kappa shape index (κ2) is 6.27. The van der Waals surface area contributed by atoms with Crippen molar-refractivity contribution in [1.29, 1.82) is 0 Å². The third-order valence-corrected chi connectivity index (χ3v) is 4.73. The lowest BCUT2D eigenvalue weighted by atomic mass is 10.0. The third-order valence-electron chi connectivity index (χ3n) is 3.83. The van der Waals surface area contributed by atoms with Crippen molar-refractivity contribution in [2.24, 2.45) is 10.2 Å². The molecular weight excluding hydrogens is 340 g/mol. The van der Waals surface area contributed by atoms with Crippen LogP contribution in [0.4, 0.5) is 11.4 Å². The number of phenolic OH excluding ortho intramolecular Hbond substituents is 1. The summed E-state index contributed by atoms with van der Waals surface area (Å²) in [6.07, 6.45) is 0. The highest BCUT2D eigenvalue weighted by molar-refractivity contribution is 7.86. The van der Waals surface area contributed by atoms with E-state index in [2.05, 4.69) is 10.2 Å². The Morgan fingerprint density at radius 3 is 2.40 bits per heavy atom. The van der Waals surface area contributed by atoms with Gasteiger partial charge in [-0.1, -0.05) is 35.9 Å². The van der Waals surface area contributed by atoms with E-state index in [1.165, 1.54) is 18.2 Å². The smallest absolute Gasteiger partial charge is 0.296 e. The molecule has 2 N–H and O–H groups in total. The number of hydrogen-bond donors (Lipinski definition) is 2. The van der Waals surface area contributed by atoms with Crippen LogP contribution in [-0.2, 0) is 10.1 Å². The van der Waals surface area contributed by atoms with Gasteiger partial charge < -0.3 is 5.11 Å². The number of benzene rings is 3. The average molecular weight is 356 g/mol. The van der Waals surface area contributed by atoms with Crippen molar-refractivity contribution in [1.82, 2.24) is 0 Å². The minimum atomic E-state index is -4.41. The highest BCUT2D eigenvalue weighted by Crippen LogP contribution is 2.39. The minimum absolute atomic E-state index is 0.00666. The van der Waals surface area contributed by atoms with Gasteiger partial charge in [-0.15, -0.1) is 10.2 Å². The summed E-state index contributed by atoms with van der Waals surface area (Å²) in [5.74, 6) is -0.0249. The Hall–Kier alpha value is -2.77. The van der Waals surface area contributed by atoms with Crippen LogP contribution < -0.4 is 0 Å². The number of phenols is 1. The first-order valence-corrected chi connectivity index (χ1v) is 8.92. The van der Waals surface area contributed by atoms with E-state index in [1.54, 1.807) is 19.1 Å². The number of nitrogens with zero attached hydrogens (tertiary/aromatic N) is 2. The van der Waals surface area contributed by atoms with Gasteiger partial charge in [0.2, 0.25) is 0 Å². The second-order valence-electron chi connectivity index (χ2n) is 5.76. The molecule has 3 aromatic carbocycles. The predicted molar refractivity (Wildman–Crippen MR) is 95.5 cm³/mol. The van der Waals surface area contributed by atoms with E-state index in [0.29, 0.717) is 10.9 Å². The summed E-state index contributed by atoms with van der Waals surface area (Å²) in [4.78, 5) is -0.340. The normalized spacial score (nSPS) is 12.1. The first-order chi connectivity index (χ1) is 11.8. The molecular formula is C18H16N2O4S. The van der Waals surface area contributed by atoms with Crippen LogP contribution in [0.2, 0.25) is 0 Å². The first kappa shape index (κ1) is 17.1. The van der Waals surface area contributed by atoms with Crippen LogP contribution in [0.5, 0.6) is 5.75 Å². The molecule has 0 fully saturated rings. The third kappa shape index (κ3) is 3.38. The fourth-order valence-electron chi connectivity index (χ4n) is 2.62. The molecule has 7 heteroatoms. The monoisotopic (exact) mass is 356 g/mol. The topological polar surface area (TPSA) is 99.3 Å². The Bertz CT molecular complexity index is 1110. The molecule has 0 spiro atoms. The maximum Gasteiger partial charge on any atom is 0.296 e. The lowest BCUT2D eigenvalue weighted by Crippen LogP contribution is -1.97. The van der Waals surface area contributed by atoms with E-state index in [0.717, 1.165) is 10.9 Å². The minimum Gasteiger partial charge on any atom is -0.505 e. The van der Waals surface area contributed by atoms with Gasteiger partial charge in [0.15, 0.2) is 5.75 Å². The summed E-state index contributed by atoms with van der Waals surface area (Å²) >= 11 is 0. The summed E-state index contributed by atoms with van der Waals surface area (Å²) in [6, 6.07) is 13.2. The number of fused-ring (bicyclic) bond motifs is 1. The van der Waals surface area contributed by atoms with Crippen LogP contribution >= 0.6 is 0 Å². The molecule has 0 saturated carbocycles. The van der Waals surface area contributed by atoms with Crippen molar-refractivity contribution in [2.75, 3.05) is 0 Å². The number of hydrogen-bond acceptors (Lipinski definition) is 5. The molecule has 3 aromatic rings. The number of aryl methyl sites for hydroxylation is 2. The number of aromatic hydroxyl groups is 1. The Labute approximate surface area is 145 Å². The van der Waals surface area contributed by atoms with Crippen molar-refractivity contribution < 1.29 is 18.1 Å². The van der Waals surface area contributed by atoms with Crippen molar-refractivity contribution in [3.05, 3.63) is 59.7 Å². The van der Waals surface area contributed by atoms with E-state index in [9.17, 15) is 18.1 Å². The Morgan fingerprint density at radius 1 is 0.960 bits per heavy atom. The maximum absolute atomic E-state index is 11.4. The largest absolute Gasteiger partial charge is 0.505 e. The molecule has 0 unspecified atom stereocenters. The average Bonchev–Trinajstić information content (AvgIpc) is 2.53. The summed E-state index contributed by atoms with van der Waals surface area (Å²) < 4.78 is 32.1. The van der Waals surface area contributed by atoms with Crippen LogP contribution in [0.25, 0.3) is 10.8 Å². The van der Waals surface area contributed by atoms with Gasteiger partial charge in [0, 0.05) is 5.39 Å². The Morgan fingerprint density at radius 2 is 1.68 bits per heavy atom. The molecule has 0 amide bonds. The second-order valence-corrected chi connectivity index (χ2v) is 7.15. The molecule has 3 rings (SSSR count). The van der Waals surface area contributed by atoms with E-state index in [1.807, 2.05) is 25.1 Å². The van der Waals surface area contributed by atoms with Crippen molar-refractivity contribution in [2.45, 2.75) is 18.7 Å². The van der Waals surface area contributed by atoms with Crippen LogP contribution in [0.1, 0.15) is 11.1 Å². The summed E-state index contributed by atoms with van der Waals surface area (Å²) in [5.41, 5.74) is 2.01. The van der Waals surface area contributed by atoms with Crippen molar-refractivity contribution in [3.63, 3.8) is 0 Å². The van der Waals surface area contributed by atoms with Gasteiger partial charge in [-0.25, -0.2) is 0 Å². The molecule has 0 aliphatic rings. The molecule has 0 aromatic heterocycles. The predicted octanol–water partition coefficient (Wildman–Crippen LogP) is 4.82. The molecule has 0 bridgehead atoms. The molecule has 0 heterocycles. The molecule has 6 nitrogen and oxygen atoms in total. The van der Waals surface area contributed by atoms with E-state index in [-0.39, 0.29) is 22.0 Å². The van der Waals surface area contributed by atoms with Gasteiger partial charge in [0.1, 0.15) is 16.3 Å². The van der Waals surface area contributed by atoms with Gasteiger partial charge in [0.25, 0.3) is 10.1 Å². The lowest BCUT2D eigenvalue weighted by molar-refractivity contribution is 0.482. The molecule has 0 radical (unpaired) electrons. The highest BCUT2D eigenvalue weighted by atomic mass is 32.2. The molecule has 0 atom stereocenters. The van der Waals surface area contributed by atoms with Crippen molar-refractivity contribution >= 4 is 32.3 Å². The summed E-state index contributed by atoms with van der Waals surface area (Å²) in [6.45, 7) is 3.75. The molecule has 0 saturated heterocycles. The van der Waals surface area contributed by atoms with Gasteiger partial charge >= 0.3 is 0 Å². The molecule has 25 heavy (non-hydrogen) atoms. The van der Waals surface area contributed by atoms with E-state index in [4.69, 9.17) is 0 Å². The van der Waals surface area contributed by atoms with E-state index < -0.39 is 10.1 Å². The van der Waals surface area contributed by atoms with Crippen LogP contribution in [0.15, 0.2) is 63.7 Å². The Balaban J connectivity index is 2.13. The first-order valence-electron chi connectivity index (χ1n) is 7.48. The van der Waals surface area contributed by atoms with Crippen LogP contribution in [-0.4, -0.2) is 18.1 Å². The van der Waals surface area contributed by atoms with Gasteiger partial charge in [-0.2, -0.15) is 8.42 Å². The summed E-state index contributed by atoms with van der Waals surface area (Å²) in [7, 11) is -4.41. The molecule has 0 aliphatic heterocycles. The quantitative estimate of drug-likeness (QED) is 0.519. The van der Waals surface area contributed by atoms with E-state index >= 15 is 0 Å². The maximum atomic E-state index is 11.4. The number of rotatable bonds is 3. The molecule has 128 valence electrons. The highest BCUT2D eigenvalue weighted by Gasteiger charge is 2.15. The van der Waals surface area contributed by atoms with Gasteiger partial charge in [-0.3, -0.25) is 4.55 Å². The standard InChI is InChI=1S/C18H16N2O4S/c1-11-7-8-14-13(9-11)10-12(2)17(18(14)21)20-19-15-5-3-4-6-16(15)25(22,23)24/h3-10,21H,1-2H3,(H,22,23,24). The lowest BCUT2D eigenvalue weighted by Gasteiger charge is -2.08. The summed E-state index contributed by atoms with van der Waals surface area (Å²) in [5, 5.41) is 20.0.